The number of hydrogen-bond acceptors (Lipinski definition) is 4. The summed E-state index contributed by atoms with van der Waals surface area (Å²) < 4.78 is 6.92. The van der Waals surface area contributed by atoms with Crippen molar-refractivity contribution in [3.8, 4) is 5.75 Å². The lowest BCUT2D eigenvalue weighted by Gasteiger charge is -2.32. The highest BCUT2D eigenvalue weighted by molar-refractivity contribution is 5.94. The molecule has 1 amide bonds. The third-order valence-electron chi connectivity index (χ3n) is 4.53. The van der Waals surface area contributed by atoms with Gasteiger partial charge < -0.3 is 14.7 Å². The number of likely N-dealkylation sites (tertiary alicyclic amines) is 1. The summed E-state index contributed by atoms with van der Waals surface area (Å²) in [5, 5.41) is 13.2. The second kappa shape index (κ2) is 8.53. The van der Waals surface area contributed by atoms with Gasteiger partial charge in [-0.2, -0.15) is 5.10 Å². The Kier molecular flexibility index (Phi) is 5.90. The lowest BCUT2D eigenvalue weighted by atomic mass is 9.94. The quantitative estimate of drug-likeness (QED) is 0.758. The minimum atomic E-state index is -0.927. The number of aliphatic carboxylic acids is 1. The first kappa shape index (κ1) is 18.7. The first-order chi connectivity index (χ1) is 13.1. The van der Waals surface area contributed by atoms with E-state index in [9.17, 15) is 9.59 Å². The number of rotatable bonds is 7. The second-order valence-corrected chi connectivity index (χ2v) is 6.55. The van der Waals surface area contributed by atoms with Crippen molar-refractivity contribution in [1.82, 2.24) is 14.7 Å². The zero-order valence-corrected chi connectivity index (χ0v) is 15.1. The third-order valence-corrected chi connectivity index (χ3v) is 4.53. The molecule has 0 bridgehead atoms. The predicted octanol–water partition coefficient (Wildman–Crippen LogP) is 2.55. The van der Waals surface area contributed by atoms with Crippen molar-refractivity contribution in [2.24, 2.45) is 0 Å². The molecular formula is C20H23N3O4. The van der Waals surface area contributed by atoms with Crippen LogP contribution in [0, 0.1) is 0 Å². The van der Waals surface area contributed by atoms with Gasteiger partial charge in [0.15, 0.2) is 0 Å². The molecule has 2 heterocycles. The van der Waals surface area contributed by atoms with E-state index in [-0.39, 0.29) is 18.4 Å². The van der Waals surface area contributed by atoms with Gasteiger partial charge in [0, 0.05) is 30.8 Å². The molecule has 1 N–H and O–H groups in total. The van der Waals surface area contributed by atoms with Gasteiger partial charge in [-0.25, -0.2) is 0 Å². The van der Waals surface area contributed by atoms with E-state index in [4.69, 9.17) is 9.84 Å². The van der Waals surface area contributed by atoms with Gasteiger partial charge >= 0.3 is 5.97 Å². The van der Waals surface area contributed by atoms with Crippen molar-refractivity contribution < 1.29 is 19.4 Å². The average Bonchev–Trinajstić information content (AvgIpc) is 3.14. The third kappa shape index (κ3) is 4.75. The number of carboxylic acids is 1. The Morgan fingerprint density at radius 3 is 3.00 bits per heavy atom. The fourth-order valence-electron chi connectivity index (χ4n) is 3.28. The molecule has 1 fully saturated rings. The number of carboxylic acid groups (broad SMARTS) is 1. The number of benzene rings is 1. The van der Waals surface area contributed by atoms with Crippen molar-refractivity contribution in [1.29, 1.82) is 0 Å². The standard InChI is InChI=1S/C20H23N3O4/c1-2-11-27-17-7-3-5-15(12-17)20(26)22-9-4-6-16(13-22)18-8-10-23(21-18)14-19(24)25/h2-3,5,7-8,10,12,16H,1,4,6,9,11,13-14H2,(H,24,25)/t16-/m0/s1. The molecule has 1 aromatic carbocycles. The lowest BCUT2D eigenvalue weighted by molar-refractivity contribution is -0.137. The van der Waals surface area contributed by atoms with E-state index in [0.29, 0.717) is 31.0 Å². The number of aromatic nitrogens is 2. The Balaban J connectivity index is 1.68. The maximum atomic E-state index is 12.9. The van der Waals surface area contributed by atoms with Gasteiger partial charge in [0.1, 0.15) is 18.9 Å². The van der Waals surface area contributed by atoms with Crippen molar-refractivity contribution in [2.45, 2.75) is 25.3 Å². The van der Waals surface area contributed by atoms with Crippen LogP contribution in [-0.4, -0.2) is 51.4 Å². The van der Waals surface area contributed by atoms with E-state index in [1.54, 1.807) is 30.5 Å². The molecule has 7 nitrogen and oxygen atoms in total. The molecule has 0 saturated carbocycles. The normalized spacial score (nSPS) is 16.7. The van der Waals surface area contributed by atoms with Gasteiger partial charge in [0.25, 0.3) is 5.91 Å². The molecule has 0 aliphatic carbocycles. The highest BCUT2D eigenvalue weighted by Gasteiger charge is 2.27. The molecule has 0 radical (unpaired) electrons. The fourth-order valence-corrected chi connectivity index (χ4v) is 3.28. The van der Waals surface area contributed by atoms with E-state index in [1.807, 2.05) is 17.0 Å². The van der Waals surface area contributed by atoms with E-state index in [0.717, 1.165) is 18.5 Å². The van der Waals surface area contributed by atoms with E-state index in [1.165, 1.54) is 4.68 Å². The molecule has 7 heteroatoms. The Morgan fingerprint density at radius 2 is 2.22 bits per heavy atom. The number of ether oxygens (including phenoxy) is 1. The smallest absolute Gasteiger partial charge is 0.325 e. The highest BCUT2D eigenvalue weighted by atomic mass is 16.5. The van der Waals surface area contributed by atoms with E-state index in [2.05, 4.69) is 11.7 Å². The van der Waals surface area contributed by atoms with Gasteiger partial charge in [-0.15, -0.1) is 0 Å². The van der Waals surface area contributed by atoms with Crippen LogP contribution in [0.3, 0.4) is 0 Å². The molecule has 1 atom stereocenters. The first-order valence-corrected chi connectivity index (χ1v) is 8.95. The molecule has 2 aromatic rings. The minimum absolute atomic E-state index is 0.0336. The molecule has 1 aliphatic heterocycles. The van der Waals surface area contributed by atoms with Crippen molar-refractivity contribution in [2.75, 3.05) is 19.7 Å². The monoisotopic (exact) mass is 369 g/mol. The molecule has 3 rings (SSSR count). The van der Waals surface area contributed by atoms with Crippen LogP contribution in [0.4, 0.5) is 0 Å². The average molecular weight is 369 g/mol. The van der Waals surface area contributed by atoms with Crippen molar-refractivity contribution in [3.63, 3.8) is 0 Å². The number of nitrogens with zero attached hydrogens (tertiary/aromatic N) is 3. The maximum Gasteiger partial charge on any atom is 0.325 e. The topological polar surface area (TPSA) is 84.7 Å². The number of carbonyl (C=O) groups excluding carboxylic acids is 1. The predicted molar refractivity (Wildman–Crippen MR) is 99.9 cm³/mol. The van der Waals surface area contributed by atoms with Crippen LogP contribution in [0.25, 0.3) is 0 Å². The summed E-state index contributed by atoms with van der Waals surface area (Å²) in [5.41, 5.74) is 1.42. The summed E-state index contributed by atoms with van der Waals surface area (Å²) in [4.78, 5) is 25.5. The van der Waals surface area contributed by atoms with E-state index < -0.39 is 5.97 Å². The van der Waals surface area contributed by atoms with Crippen LogP contribution in [0.1, 0.15) is 34.8 Å². The van der Waals surface area contributed by atoms with Crippen LogP contribution in [0.15, 0.2) is 49.2 Å². The summed E-state index contributed by atoms with van der Waals surface area (Å²) >= 11 is 0. The number of hydrogen-bond donors (Lipinski definition) is 1. The molecule has 1 aromatic heterocycles. The van der Waals surface area contributed by atoms with Crippen molar-refractivity contribution >= 4 is 11.9 Å². The lowest BCUT2D eigenvalue weighted by Crippen LogP contribution is -2.39. The molecule has 0 spiro atoms. The van der Waals surface area contributed by atoms with Gasteiger partial charge in [-0.3, -0.25) is 14.3 Å². The van der Waals surface area contributed by atoms with Crippen molar-refractivity contribution in [3.05, 3.63) is 60.4 Å². The summed E-state index contributed by atoms with van der Waals surface area (Å²) in [6.07, 6.45) is 5.14. The zero-order valence-electron chi connectivity index (χ0n) is 15.1. The SMILES string of the molecule is C=CCOc1cccc(C(=O)N2CCC[C@H](c3ccn(CC(=O)O)n3)C2)c1. The highest BCUT2D eigenvalue weighted by Crippen LogP contribution is 2.27. The Morgan fingerprint density at radius 1 is 1.37 bits per heavy atom. The van der Waals surface area contributed by atoms with Crippen LogP contribution in [-0.2, 0) is 11.3 Å². The second-order valence-electron chi connectivity index (χ2n) is 6.55. The van der Waals surface area contributed by atoms with Crippen LogP contribution in [0.5, 0.6) is 5.75 Å². The zero-order chi connectivity index (χ0) is 19.2. The van der Waals surface area contributed by atoms with Gasteiger partial charge in [0.05, 0.1) is 5.69 Å². The number of carbonyl (C=O) groups is 2. The van der Waals surface area contributed by atoms with E-state index >= 15 is 0 Å². The van der Waals surface area contributed by atoms with Gasteiger partial charge in [-0.1, -0.05) is 18.7 Å². The summed E-state index contributed by atoms with van der Waals surface area (Å²) in [5.74, 6) is -0.211. The van der Waals surface area contributed by atoms with Crippen LogP contribution >= 0.6 is 0 Å². The Labute approximate surface area is 157 Å². The van der Waals surface area contributed by atoms with Gasteiger partial charge in [-0.05, 0) is 37.1 Å². The fraction of sp³-hybridized carbons (Fsp3) is 0.350. The first-order valence-electron chi connectivity index (χ1n) is 8.95. The summed E-state index contributed by atoms with van der Waals surface area (Å²) in [7, 11) is 0. The molecule has 0 unspecified atom stereocenters. The maximum absolute atomic E-state index is 12.9. The minimum Gasteiger partial charge on any atom is -0.490 e. The largest absolute Gasteiger partial charge is 0.490 e. The number of piperidine rings is 1. The summed E-state index contributed by atoms with van der Waals surface area (Å²) in [6.45, 7) is 5.12. The van der Waals surface area contributed by atoms with Gasteiger partial charge in [0.2, 0.25) is 0 Å². The Bertz CT molecular complexity index is 830. The summed E-state index contributed by atoms with van der Waals surface area (Å²) in [6, 6.07) is 8.99. The van der Waals surface area contributed by atoms with Crippen LogP contribution < -0.4 is 4.74 Å². The van der Waals surface area contributed by atoms with Crippen LogP contribution in [0.2, 0.25) is 0 Å². The molecule has 27 heavy (non-hydrogen) atoms. The molecule has 1 saturated heterocycles. The molecular weight excluding hydrogens is 346 g/mol. The molecule has 1 aliphatic rings. The Hall–Kier alpha value is -3.09. The molecule has 142 valence electrons. The number of amides is 1.